The zero-order valence-electron chi connectivity index (χ0n) is 21.7. The Morgan fingerprint density at radius 3 is 2.66 bits per heavy atom. The number of likely N-dealkylation sites (tertiary alicyclic amines) is 1. The Bertz CT molecular complexity index is 846. The van der Waals surface area contributed by atoms with Gasteiger partial charge in [-0.05, 0) is 45.4 Å². The second-order valence-corrected chi connectivity index (χ2v) is 10.5. The Balaban J connectivity index is 2.08. The van der Waals surface area contributed by atoms with E-state index < -0.39 is 35.0 Å². The number of unbranched alkanes of at least 4 members (excludes halogenated alkanes) is 1. The molecule has 3 heterocycles. The first-order valence-electron chi connectivity index (χ1n) is 12.9. The van der Waals surface area contributed by atoms with Crippen LogP contribution in [0, 0.1) is 17.8 Å². The van der Waals surface area contributed by atoms with E-state index in [0.717, 1.165) is 12.8 Å². The van der Waals surface area contributed by atoms with Crippen LogP contribution in [-0.4, -0.2) is 82.3 Å². The Morgan fingerprint density at radius 2 is 2.06 bits per heavy atom. The predicted molar refractivity (Wildman–Crippen MR) is 132 cm³/mol. The summed E-state index contributed by atoms with van der Waals surface area (Å²) >= 11 is 0. The standard InChI is InChI=1S/C27H42N2O6/c1-7-12-19(5)28(13-8-2)24(32)22-27-17-18(4)26(6,35-27)21(25(33)34-16-9-3)20(27)23(31)29(22)14-10-11-15-30/h8-9,18-22,30H,2-3,7,10-17H2,1,4-6H3/t18?,19?,20-,21+,22?,26-,27?/m0/s1. The molecule has 0 aromatic carbocycles. The highest BCUT2D eigenvalue weighted by molar-refractivity contribution is 5.98. The molecular weight excluding hydrogens is 448 g/mol. The largest absolute Gasteiger partial charge is 0.461 e. The van der Waals surface area contributed by atoms with Crippen LogP contribution in [0.25, 0.3) is 0 Å². The number of aliphatic hydroxyl groups is 1. The monoisotopic (exact) mass is 490 g/mol. The Labute approximate surface area is 209 Å². The molecule has 3 saturated heterocycles. The molecule has 3 rings (SSSR count). The van der Waals surface area contributed by atoms with E-state index >= 15 is 0 Å². The fourth-order valence-electron chi connectivity index (χ4n) is 6.60. The highest BCUT2D eigenvalue weighted by Gasteiger charge is 2.80. The topological polar surface area (TPSA) is 96.4 Å². The molecule has 0 radical (unpaired) electrons. The van der Waals surface area contributed by atoms with Crippen molar-refractivity contribution in [2.45, 2.75) is 83.1 Å². The van der Waals surface area contributed by atoms with E-state index in [1.807, 2.05) is 20.8 Å². The van der Waals surface area contributed by atoms with Gasteiger partial charge in [-0.25, -0.2) is 0 Å². The van der Waals surface area contributed by atoms with Crippen molar-refractivity contribution >= 4 is 17.8 Å². The van der Waals surface area contributed by atoms with Gasteiger partial charge < -0.3 is 24.4 Å². The summed E-state index contributed by atoms with van der Waals surface area (Å²) in [5, 5.41) is 9.32. The molecule has 3 aliphatic heterocycles. The summed E-state index contributed by atoms with van der Waals surface area (Å²) in [5.74, 6) is -2.50. The number of aliphatic hydroxyl groups excluding tert-OH is 1. The van der Waals surface area contributed by atoms with Crippen LogP contribution in [0.3, 0.4) is 0 Å². The molecular formula is C27H42N2O6. The minimum atomic E-state index is -1.09. The molecule has 2 bridgehead atoms. The number of ether oxygens (including phenoxy) is 2. The van der Waals surface area contributed by atoms with Crippen LogP contribution in [-0.2, 0) is 23.9 Å². The number of hydrogen-bond acceptors (Lipinski definition) is 6. The van der Waals surface area contributed by atoms with Gasteiger partial charge in [-0.2, -0.15) is 0 Å². The van der Waals surface area contributed by atoms with Gasteiger partial charge in [0.25, 0.3) is 0 Å². The lowest BCUT2D eigenvalue weighted by Gasteiger charge is -2.39. The molecule has 8 nitrogen and oxygen atoms in total. The van der Waals surface area contributed by atoms with E-state index in [0.29, 0.717) is 32.4 Å². The predicted octanol–water partition coefficient (Wildman–Crippen LogP) is 2.70. The summed E-state index contributed by atoms with van der Waals surface area (Å²) in [6, 6.07) is -0.866. The van der Waals surface area contributed by atoms with Gasteiger partial charge >= 0.3 is 5.97 Å². The van der Waals surface area contributed by atoms with Gasteiger partial charge in [0.05, 0.1) is 11.5 Å². The van der Waals surface area contributed by atoms with Crippen LogP contribution in [0.4, 0.5) is 0 Å². The number of nitrogens with zero attached hydrogens (tertiary/aromatic N) is 2. The molecule has 1 N–H and O–H groups in total. The van der Waals surface area contributed by atoms with Gasteiger partial charge in [0.2, 0.25) is 11.8 Å². The first kappa shape index (κ1) is 27.4. The van der Waals surface area contributed by atoms with Crippen molar-refractivity contribution in [2.75, 3.05) is 26.3 Å². The van der Waals surface area contributed by atoms with Crippen LogP contribution in [0.2, 0.25) is 0 Å². The van der Waals surface area contributed by atoms with Crippen molar-refractivity contribution in [3.05, 3.63) is 25.3 Å². The highest BCUT2D eigenvalue weighted by Crippen LogP contribution is 2.65. The van der Waals surface area contributed by atoms with Gasteiger partial charge in [0, 0.05) is 25.7 Å². The second-order valence-electron chi connectivity index (χ2n) is 10.5. The number of fused-ring (bicyclic) bond motifs is 1. The van der Waals surface area contributed by atoms with E-state index in [9.17, 15) is 19.5 Å². The summed E-state index contributed by atoms with van der Waals surface area (Å²) in [5.41, 5.74) is -1.99. The molecule has 3 aliphatic rings. The van der Waals surface area contributed by atoms with Gasteiger partial charge in [-0.3, -0.25) is 14.4 Å². The third-order valence-corrected chi connectivity index (χ3v) is 8.30. The molecule has 0 saturated carbocycles. The zero-order chi connectivity index (χ0) is 26.0. The van der Waals surface area contributed by atoms with E-state index in [1.54, 1.807) is 15.9 Å². The number of hydrogen-bond donors (Lipinski definition) is 1. The van der Waals surface area contributed by atoms with Crippen molar-refractivity contribution in [1.82, 2.24) is 9.80 Å². The van der Waals surface area contributed by atoms with Crippen molar-refractivity contribution < 1.29 is 29.0 Å². The van der Waals surface area contributed by atoms with Gasteiger partial charge in [-0.15, -0.1) is 6.58 Å². The molecule has 0 aromatic heterocycles. The maximum Gasteiger partial charge on any atom is 0.313 e. The van der Waals surface area contributed by atoms with E-state index in [4.69, 9.17) is 9.47 Å². The van der Waals surface area contributed by atoms with Crippen LogP contribution in [0.15, 0.2) is 25.3 Å². The fourth-order valence-corrected chi connectivity index (χ4v) is 6.60. The maximum absolute atomic E-state index is 14.3. The number of esters is 1. The molecule has 0 aromatic rings. The smallest absolute Gasteiger partial charge is 0.313 e. The van der Waals surface area contributed by atoms with Crippen LogP contribution in [0.5, 0.6) is 0 Å². The molecule has 1 spiro atoms. The molecule has 8 heteroatoms. The zero-order valence-corrected chi connectivity index (χ0v) is 21.7. The maximum atomic E-state index is 14.3. The molecule has 196 valence electrons. The van der Waals surface area contributed by atoms with Gasteiger partial charge in [0.15, 0.2) is 0 Å². The van der Waals surface area contributed by atoms with Gasteiger partial charge in [-0.1, -0.05) is 39.0 Å². The second kappa shape index (κ2) is 10.8. The van der Waals surface area contributed by atoms with Crippen LogP contribution >= 0.6 is 0 Å². The summed E-state index contributed by atoms with van der Waals surface area (Å²) in [7, 11) is 0. The molecule has 7 atom stereocenters. The van der Waals surface area contributed by atoms with E-state index in [-0.39, 0.29) is 37.0 Å². The van der Waals surface area contributed by atoms with E-state index in [1.165, 1.54) is 6.08 Å². The molecule has 0 aliphatic carbocycles. The lowest BCUT2D eigenvalue weighted by Crippen LogP contribution is -2.58. The average molecular weight is 491 g/mol. The number of amides is 2. The lowest BCUT2D eigenvalue weighted by molar-refractivity contribution is -0.161. The minimum Gasteiger partial charge on any atom is -0.461 e. The minimum absolute atomic E-state index is 0.00739. The number of carbonyl (C=O) groups excluding carboxylic acids is 3. The normalized spacial score (nSPS) is 34.0. The summed E-state index contributed by atoms with van der Waals surface area (Å²) < 4.78 is 12.1. The van der Waals surface area contributed by atoms with Crippen molar-refractivity contribution in [2.24, 2.45) is 17.8 Å². The van der Waals surface area contributed by atoms with Crippen molar-refractivity contribution in [3.63, 3.8) is 0 Å². The quantitative estimate of drug-likeness (QED) is 0.242. The average Bonchev–Trinajstić information content (AvgIpc) is 3.32. The first-order chi connectivity index (χ1) is 16.6. The molecule has 35 heavy (non-hydrogen) atoms. The summed E-state index contributed by atoms with van der Waals surface area (Å²) in [6.45, 7) is 16.2. The van der Waals surface area contributed by atoms with Crippen LogP contribution in [0.1, 0.15) is 59.8 Å². The Hall–Kier alpha value is -2.19. The summed E-state index contributed by atoms with van der Waals surface area (Å²) in [4.78, 5) is 44.9. The Kier molecular flexibility index (Phi) is 8.48. The van der Waals surface area contributed by atoms with Crippen molar-refractivity contribution in [3.8, 4) is 0 Å². The first-order valence-corrected chi connectivity index (χ1v) is 12.9. The number of carbonyl (C=O) groups is 3. The summed E-state index contributed by atoms with van der Waals surface area (Å²) in [6.07, 6.45) is 6.54. The SMILES string of the molecule is C=CCOC(=O)[C@H]1[C@H]2C(=O)N(CCCCO)C(C(=O)N(CC=C)C(C)CCC)C23CC(C)[C@]1(C)O3. The third kappa shape index (κ3) is 4.44. The molecule has 2 amide bonds. The molecule has 3 fully saturated rings. The number of rotatable bonds is 13. The Morgan fingerprint density at radius 1 is 1.34 bits per heavy atom. The highest BCUT2D eigenvalue weighted by atomic mass is 16.6. The fraction of sp³-hybridized carbons (Fsp3) is 0.741. The van der Waals surface area contributed by atoms with Crippen LogP contribution < -0.4 is 0 Å². The van der Waals surface area contributed by atoms with E-state index in [2.05, 4.69) is 20.1 Å². The molecule has 4 unspecified atom stereocenters. The van der Waals surface area contributed by atoms with Crippen molar-refractivity contribution in [1.29, 1.82) is 0 Å². The lowest BCUT2D eigenvalue weighted by atomic mass is 9.62. The van der Waals surface area contributed by atoms with Gasteiger partial charge in [0.1, 0.15) is 24.2 Å². The third-order valence-electron chi connectivity index (χ3n) is 8.30.